The molecule has 5 atom stereocenters. The summed E-state index contributed by atoms with van der Waals surface area (Å²) in [6.45, 7) is 4.39. The average molecular weight is 460 g/mol. The molecule has 0 aromatic carbocycles. The van der Waals surface area contributed by atoms with E-state index in [4.69, 9.17) is 24.3 Å². The van der Waals surface area contributed by atoms with Crippen LogP contribution in [0.15, 0.2) is 0 Å². The topological polar surface area (TPSA) is 114 Å². The first-order chi connectivity index (χ1) is 11.6. The minimum absolute atomic E-state index is 0.300. The van der Waals surface area contributed by atoms with Crippen LogP contribution in [0, 0.1) is 0 Å². The standard InChI is InChI=1S/C14H20IO9/c1-6(16)20-5-10-12(21-7(2)17)13(22-8(3)18)11(15)14(24-10)23-9(4)19/h10-15H,5H2,1-4H3/q-1/t10-,11-,12+,13-,14?/m1/s1/i15D. The van der Waals surface area contributed by atoms with Gasteiger partial charge in [-0.15, -0.1) is 0 Å². The number of carbonyl (C=O) groups is 4. The quantitative estimate of drug-likeness (QED) is 0.171. The van der Waals surface area contributed by atoms with E-state index in [1.54, 1.807) is 0 Å². The van der Waals surface area contributed by atoms with Crippen molar-refractivity contribution in [3.8, 4) is 0 Å². The van der Waals surface area contributed by atoms with Gasteiger partial charge in [0.15, 0.2) is 0 Å². The van der Waals surface area contributed by atoms with Crippen molar-refractivity contribution in [3.05, 3.63) is 0 Å². The number of alkyl halides is 1. The van der Waals surface area contributed by atoms with Crippen molar-refractivity contribution in [2.75, 3.05) is 6.61 Å². The van der Waals surface area contributed by atoms with Crippen LogP contribution < -0.4 is 22.4 Å². The summed E-state index contributed by atoms with van der Waals surface area (Å²) >= 11 is -1.38. The summed E-state index contributed by atoms with van der Waals surface area (Å²) in [7, 11) is 0. The van der Waals surface area contributed by atoms with Crippen LogP contribution in [0.1, 0.15) is 27.7 Å². The summed E-state index contributed by atoms with van der Waals surface area (Å²) in [6, 6.07) is 0. The molecule has 9 nitrogen and oxygen atoms in total. The molecule has 0 bridgehead atoms. The normalized spacial score (nSPS) is 30.0. The molecule has 24 heavy (non-hydrogen) atoms. The third kappa shape index (κ3) is 6.23. The third-order valence-electron chi connectivity index (χ3n) is 2.91. The van der Waals surface area contributed by atoms with Crippen LogP contribution in [0.5, 0.6) is 0 Å². The number of hydrogen-bond donors (Lipinski definition) is 0. The van der Waals surface area contributed by atoms with Crippen molar-refractivity contribution in [1.82, 2.24) is 0 Å². The van der Waals surface area contributed by atoms with Gasteiger partial charge < -0.3 is 0 Å². The van der Waals surface area contributed by atoms with Crippen LogP contribution in [-0.4, -0.2) is 59.6 Å². The van der Waals surface area contributed by atoms with Gasteiger partial charge in [0.1, 0.15) is 0 Å². The SMILES string of the molecule is [2H][I-][C@H]1C(OC(C)=O)O[C@H](COC(C)=O)[C@H](OC(C)=O)[C@@H]1OC(C)=O. The molecule has 0 amide bonds. The molecule has 1 aliphatic heterocycles. The van der Waals surface area contributed by atoms with E-state index in [9.17, 15) is 19.2 Å². The second kappa shape index (κ2) is 9.16. The number of carbonyl (C=O) groups excluding carboxylic acids is 4. The number of halogens is 1. The Bertz CT molecular complexity index is 526. The van der Waals surface area contributed by atoms with Crippen LogP contribution in [0.2, 0.25) is 0 Å². The van der Waals surface area contributed by atoms with Gasteiger partial charge in [-0.1, -0.05) is 0 Å². The molecule has 138 valence electrons. The monoisotopic (exact) mass is 460 g/mol. The first-order valence-electron chi connectivity index (χ1n) is 7.44. The van der Waals surface area contributed by atoms with Gasteiger partial charge in [0.25, 0.3) is 0 Å². The van der Waals surface area contributed by atoms with E-state index in [0.717, 1.165) is 6.92 Å². The van der Waals surface area contributed by atoms with Gasteiger partial charge in [-0.25, -0.2) is 0 Å². The maximum absolute atomic E-state index is 11.5. The van der Waals surface area contributed by atoms with Crippen molar-refractivity contribution in [2.24, 2.45) is 0 Å². The average Bonchev–Trinajstić information content (AvgIpc) is 2.46. The number of esters is 4. The Morgan fingerprint density at radius 3 is 1.92 bits per heavy atom. The molecule has 1 unspecified atom stereocenters. The van der Waals surface area contributed by atoms with Crippen LogP contribution in [-0.2, 0) is 42.9 Å². The Morgan fingerprint density at radius 1 is 0.917 bits per heavy atom. The van der Waals surface area contributed by atoms with E-state index >= 15 is 0 Å². The fraction of sp³-hybridized carbons (Fsp3) is 0.714. The van der Waals surface area contributed by atoms with Gasteiger partial charge in [-0.2, -0.15) is 0 Å². The third-order valence-corrected chi connectivity index (χ3v) is 4.21. The Morgan fingerprint density at radius 2 is 1.46 bits per heavy atom. The van der Waals surface area contributed by atoms with Crippen molar-refractivity contribution in [2.45, 2.75) is 56.2 Å². The Labute approximate surface area is 152 Å². The summed E-state index contributed by atoms with van der Waals surface area (Å²) in [5.74, 6) is -2.55. The summed E-state index contributed by atoms with van der Waals surface area (Å²) in [4.78, 5) is 45.3. The molecule has 0 saturated carbocycles. The van der Waals surface area contributed by atoms with Crippen LogP contribution in [0.3, 0.4) is 0 Å². The number of hydrogen-bond acceptors (Lipinski definition) is 9. The second-order valence-corrected chi connectivity index (χ2v) is 6.49. The molecule has 1 fully saturated rings. The van der Waals surface area contributed by atoms with Crippen LogP contribution in [0.4, 0.5) is 0 Å². The minimum atomic E-state index is -1.38. The van der Waals surface area contributed by atoms with E-state index in [-0.39, 0.29) is 6.61 Å². The molecule has 1 heterocycles. The molecule has 0 N–H and O–H groups in total. The van der Waals surface area contributed by atoms with Crippen LogP contribution >= 0.6 is 0 Å². The Kier molecular flexibility index (Phi) is 7.21. The molecule has 10 heteroatoms. The molecule has 0 aromatic rings. The predicted octanol–water partition coefficient (Wildman–Crippen LogP) is -3.64. The van der Waals surface area contributed by atoms with E-state index in [2.05, 4.69) is 0 Å². The molecule has 0 aliphatic carbocycles. The molecule has 1 rings (SSSR count). The van der Waals surface area contributed by atoms with Gasteiger partial charge in [-0.05, 0) is 0 Å². The maximum atomic E-state index is 11.5. The Balaban J connectivity index is 3.16. The molecule has 0 radical (unpaired) electrons. The van der Waals surface area contributed by atoms with Crippen molar-refractivity contribution in [3.63, 3.8) is 0 Å². The van der Waals surface area contributed by atoms with Crippen molar-refractivity contribution in [1.29, 1.82) is 0.594 Å². The van der Waals surface area contributed by atoms with Crippen molar-refractivity contribution >= 4 is 23.9 Å². The fourth-order valence-electron chi connectivity index (χ4n) is 2.12. The zero-order valence-corrected chi connectivity index (χ0v) is 15.8. The van der Waals surface area contributed by atoms with Gasteiger partial charge in [-0.3, -0.25) is 0 Å². The van der Waals surface area contributed by atoms with E-state index in [1.807, 2.05) is 0 Å². The van der Waals surface area contributed by atoms with Gasteiger partial charge in [0.05, 0.1) is 0 Å². The summed E-state index contributed by atoms with van der Waals surface area (Å²) < 4.78 is 33.0. The zero-order valence-electron chi connectivity index (χ0n) is 14.6. The summed E-state index contributed by atoms with van der Waals surface area (Å²) in [5.41, 5.74) is 0. The summed E-state index contributed by atoms with van der Waals surface area (Å²) in [6.07, 6.45) is -4.33. The molecule has 0 spiro atoms. The van der Waals surface area contributed by atoms with Gasteiger partial charge in [0.2, 0.25) is 0 Å². The summed E-state index contributed by atoms with van der Waals surface area (Å²) in [5, 5.41) is 0. The molecule has 1 aliphatic rings. The molecule has 0 aromatic heterocycles. The fourth-order valence-corrected chi connectivity index (χ4v) is 2.99. The molecular formula is C14H20IO9-. The molecule has 1 saturated heterocycles. The van der Waals surface area contributed by atoms with Crippen LogP contribution in [0.25, 0.3) is 0 Å². The van der Waals surface area contributed by atoms with E-state index in [0.29, 0.717) is 0 Å². The first kappa shape index (κ1) is 18.9. The Hall–Kier alpha value is -1.43. The number of ether oxygens (including phenoxy) is 5. The second-order valence-electron chi connectivity index (χ2n) is 5.05. The predicted molar refractivity (Wildman–Crippen MR) is 73.4 cm³/mol. The van der Waals surface area contributed by atoms with Gasteiger partial charge >= 0.3 is 153 Å². The van der Waals surface area contributed by atoms with Crippen molar-refractivity contribution < 1.29 is 65.3 Å². The van der Waals surface area contributed by atoms with E-state index < -0.39 is 74.8 Å². The zero-order chi connectivity index (χ0) is 19.1. The van der Waals surface area contributed by atoms with E-state index in [1.165, 1.54) is 20.8 Å². The molecular weight excluding hydrogens is 439 g/mol. The van der Waals surface area contributed by atoms with Gasteiger partial charge in [0, 0.05) is 0 Å². The number of rotatable bonds is 6. The first-order valence-corrected chi connectivity index (χ1v) is 8.31.